The zero-order valence-electron chi connectivity index (χ0n) is 16.6. The van der Waals surface area contributed by atoms with Crippen LogP contribution in [0.4, 0.5) is 13.2 Å². The molecule has 0 aliphatic carbocycles. The number of hydrogen-bond donors (Lipinski definition) is 0. The first kappa shape index (κ1) is 19.7. The van der Waals surface area contributed by atoms with E-state index in [9.17, 15) is 13.2 Å². The molecular weight excluding hydrogens is 423 g/mol. The van der Waals surface area contributed by atoms with Crippen molar-refractivity contribution in [2.24, 2.45) is 7.05 Å². The van der Waals surface area contributed by atoms with E-state index in [4.69, 9.17) is 4.74 Å². The molecule has 0 unspecified atom stereocenters. The van der Waals surface area contributed by atoms with Crippen LogP contribution in [0.25, 0.3) is 28.0 Å². The monoisotopic (exact) mass is 437 g/mol. The van der Waals surface area contributed by atoms with Crippen molar-refractivity contribution in [1.82, 2.24) is 34.6 Å². The molecule has 0 fully saturated rings. The Morgan fingerprint density at radius 1 is 1.00 bits per heavy atom. The molecule has 0 radical (unpaired) electrons. The summed E-state index contributed by atoms with van der Waals surface area (Å²) in [5.74, 6) is -1.33. The first-order valence-corrected chi connectivity index (χ1v) is 9.43. The maximum absolute atomic E-state index is 14.7. The average Bonchev–Trinajstić information content (AvgIpc) is 3.37. The van der Waals surface area contributed by atoms with Gasteiger partial charge in [-0.05, 0) is 30.3 Å². The maximum atomic E-state index is 14.7. The standard InChI is InChI=1S/C21H14F3N7O/c1-30-18(25-11-27-30)10-32-21-19(14-8-12(22)6-7-16(14)24)17-9-26-28-20(31(17)29-21)13-4-2-3-5-15(13)23/h2-9,11H,10H2,1H3. The van der Waals surface area contributed by atoms with Gasteiger partial charge < -0.3 is 4.74 Å². The average molecular weight is 437 g/mol. The van der Waals surface area contributed by atoms with Crippen LogP contribution >= 0.6 is 0 Å². The molecule has 11 heteroatoms. The van der Waals surface area contributed by atoms with E-state index in [1.807, 2.05) is 0 Å². The predicted octanol–water partition coefficient (Wildman–Crippen LogP) is 3.58. The van der Waals surface area contributed by atoms with Crippen LogP contribution in [0, 0.1) is 17.5 Å². The van der Waals surface area contributed by atoms with Gasteiger partial charge in [-0.3, -0.25) is 4.68 Å². The lowest BCUT2D eigenvalue weighted by Gasteiger charge is -2.07. The van der Waals surface area contributed by atoms with Crippen LogP contribution in [0.3, 0.4) is 0 Å². The van der Waals surface area contributed by atoms with Crippen molar-refractivity contribution in [2.75, 3.05) is 0 Å². The van der Waals surface area contributed by atoms with Gasteiger partial charge in [0.15, 0.2) is 11.6 Å². The van der Waals surface area contributed by atoms with Gasteiger partial charge >= 0.3 is 0 Å². The van der Waals surface area contributed by atoms with Crippen LogP contribution in [0.2, 0.25) is 0 Å². The molecule has 0 amide bonds. The number of ether oxygens (including phenoxy) is 1. The number of nitrogens with zero attached hydrogens (tertiary/aromatic N) is 7. The van der Waals surface area contributed by atoms with Crippen molar-refractivity contribution in [3.63, 3.8) is 0 Å². The van der Waals surface area contributed by atoms with Crippen LogP contribution in [0.1, 0.15) is 5.82 Å². The first-order valence-electron chi connectivity index (χ1n) is 9.43. The van der Waals surface area contributed by atoms with Gasteiger partial charge in [-0.2, -0.15) is 10.2 Å². The van der Waals surface area contributed by atoms with Gasteiger partial charge in [0, 0.05) is 12.6 Å². The quantitative estimate of drug-likeness (QED) is 0.418. The van der Waals surface area contributed by atoms with Crippen molar-refractivity contribution in [3.05, 3.63) is 78.3 Å². The van der Waals surface area contributed by atoms with Gasteiger partial charge in [-0.25, -0.2) is 22.7 Å². The van der Waals surface area contributed by atoms with Gasteiger partial charge in [-0.15, -0.1) is 10.2 Å². The summed E-state index contributed by atoms with van der Waals surface area (Å²) in [5, 5.41) is 16.3. The van der Waals surface area contributed by atoms with E-state index in [1.54, 1.807) is 19.2 Å². The molecule has 0 aliphatic rings. The summed E-state index contributed by atoms with van der Waals surface area (Å²) in [6.07, 6.45) is 2.69. The molecule has 0 atom stereocenters. The van der Waals surface area contributed by atoms with Crippen molar-refractivity contribution in [3.8, 4) is 28.4 Å². The van der Waals surface area contributed by atoms with E-state index in [0.29, 0.717) is 5.82 Å². The summed E-state index contributed by atoms with van der Waals surface area (Å²) < 4.78 is 51.8. The third-order valence-electron chi connectivity index (χ3n) is 4.88. The van der Waals surface area contributed by atoms with Gasteiger partial charge in [0.05, 0.1) is 17.3 Å². The highest BCUT2D eigenvalue weighted by Gasteiger charge is 2.24. The molecule has 160 valence electrons. The summed E-state index contributed by atoms with van der Waals surface area (Å²) in [7, 11) is 1.69. The summed E-state index contributed by atoms with van der Waals surface area (Å²) in [4.78, 5) is 4.08. The molecule has 8 nitrogen and oxygen atoms in total. The molecule has 32 heavy (non-hydrogen) atoms. The largest absolute Gasteiger partial charge is 0.468 e. The minimum Gasteiger partial charge on any atom is -0.468 e. The molecule has 0 aliphatic heterocycles. The second-order valence-electron chi connectivity index (χ2n) is 6.84. The Balaban J connectivity index is 1.73. The van der Waals surface area contributed by atoms with Crippen molar-refractivity contribution in [2.45, 2.75) is 6.61 Å². The zero-order valence-corrected chi connectivity index (χ0v) is 16.6. The molecule has 3 heterocycles. The van der Waals surface area contributed by atoms with Gasteiger partial charge in [0.2, 0.25) is 5.88 Å². The highest BCUT2D eigenvalue weighted by Crippen LogP contribution is 2.37. The summed E-state index contributed by atoms with van der Waals surface area (Å²) >= 11 is 0. The first-order chi connectivity index (χ1) is 15.5. The van der Waals surface area contributed by atoms with E-state index < -0.39 is 17.5 Å². The smallest absolute Gasteiger partial charge is 0.242 e. The SMILES string of the molecule is Cn1ncnc1COc1nn2c(-c3ccccc3F)nncc2c1-c1cc(F)ccc1F. The van der Waals surface area contributed by atoms with Gasteiger partial charge in [-0.1, -0.05) is 12.1 Å². The molecule has 3 aromatic heterocycles. The maximum Gasteiger partial charge on any atom is 0.242 e. The second-order valence-corrected chi connectivity index (χ2v) is 6.84. The number of hydrogen-bond acceptors (Lipinski definition) is 6. The van der Waals surface area contributed by atoms with E-state index in [1.165, 1.54) is 33.9 Å². The van der Waals surface area contributed by atoms with Crippen LogP contribution in [-0.4, -0.2) is 34.6 Å². The highest BCUT2D eigenvalue weighted by molar-refractivity contribution is 5.85. The summed E-state index contributed by atoms with van der Waals surface area (Å²) in [5.41, 5.74) is 0.465. The molecule has 5 aromatic rings. The minimum atomic E-state index is -0.686. The Labute approximate surface area is 178 Å². The fourth-order valence-corrected chi connectivity index (χ4v) is 3.31. The minimum absolute atomic E-state index is 0.0233. The Morgan fingerprint density at radius 3 is 2.59 bits per heavy atom. The van der Waals surface area contributed by atoms with Crippen molar-refractivity contribution < 1.29 is 17.9 Å². The fourth-order valence-electron chi connectivity index (χ4n) is 3.31. The topological polar surface area (TPSA) is 83.0 Å². The molecule has 0 spiro atoms. The summed E-state index contributed by atoms with van der Waals surface area (Å²) in [6, 6.07) is 9.02. The van der Waals surface area contributed by atoms with E-state index in [-0.39, 0.29) is 40.5 Å². The highest BCUT2D eigenvalue weighted by atomic mass is 19.1. The lowest BCUT2D eigenvalue weighted by atomic mass is 10.1. The lowest BCUT2D eigenvalue weighted by molar-refractivity contribution is 0.278. The van der Waals surface area contributed by atoms with Crippen LogP contribution < -0.4 is 4.74 Å². The lowest BCUT2D eigenvalue weighted by Crippen LogP contribution is -2.05. The number of halogens is 3. The Kier molecular flexibility index (Phi) is 4.77. The Hall–Kier alpha value is -4.28. The van der Waals surface area contributed by atoms with Gasteiger partial charge in [0.25, 0.3) is 0 Å². The Morgan fingerprint density at radius 2 is 1.81 bits per heavy atom. The molecule has 0 saturated carbocycles. The molecule has 0 N–H and O–H groups in total. The van der Waals surface area contributed by atoms with E-state index in [0.717, 1.165) is 18.2 Å². The third-order valence-corrected chi connectivity index (χ3v) is 4.88. The molecule has 0 saturated heterocycles. The van der Waals surface area contributed by atoms with E-state index >= 15 is 0 Å². The second kappa shape index (κ2) is 7.76. The van der Waals surface area contributed by atoms with Crippen LogP contribution in [0.15, 0.2) is 55.0 Å². The number of aromatic nitrogens is 7. The van der Waals surface area contributed by atoms with Gasteiger partial charge in [0.1, 0.15) is 35.9 Å². The predicted molar refractivity (Wildman–Crippen MR) is 107 cm³/mol. The Bertz CT molecular complexity index is 1450. The zero-order chi connectivity index (χ0) is 22.2. The number of benzene rings is 2. The summed E-state index contributed by atoms with van der Waals surface area (Å²) in [6.45, 7) is -0.0415. The molecule has 2 aromatic carbocycles. The number of aryl methyl sites for hydroxylation is 1. The van der Waals surface area contributed by atoms with Crippen LogP contribution in [-0.2, 0) is 13.7 Å². The molecular formula is C21H14F3N7O. The fraction of sp³-hybridized carbons (Fsp3) is 0.0952. The van der Waals surface area contributed by atoms with Crippen LogP contribution in [0.5, 0.6) is 5.88 Å². The normalized spacial score (nSPS) is 11.2. The van der Waals surface area contributed by atoms with Crippen molar-refractivity contribution >= 4 is 5.52 Å². The van der Waals surface area contributed by atoms with Crippen molar-refractivity contribution in [1.29, 1.82) is 0 Å². The molecule has 0 bridgehead atoms. The number of fused-ring (bicyclic) bond motifs is 1. The molecule has 5 rings (SSSR count). The van der Waals surface area contributed by atoms with E-state index in [2.05, 4.69) is 25.4 Å². The third kappa shape index (κ3) is 3.33. The number of rotatable bonds is 5.